The van der Waals surface area contributed by atoms with Crippen molar-refractivity contribution in [1.82, 2.24) is 0 Å². The van der Waals surface area contributed by atoms with Crippen LogP contribution in [0.5, 0.6) is 0 Å². The molecular weight excluding hydrogens is 265 g/mol. The number of carboxylic acids is 1. The summed E-state index contributed by atoms with van der Waals surface area (Å²) >= 11 is -0.704. The van der Waals surface area contributed by atoms with Gasteiger partial charge in [0.1, 0.15) is 0 Å². The standard InChI is InChI=1S/C10H17AsF2O2/c1-11(2)8-4-3-6-10(12,13)7-5-9(14)15/h5,7H,3-4,6,8H2,1-2H3,(H,14,15)/b7-5+. The summed E-state index contributed by atoms with van der Waals surface area (Å²) in [5, 5.41) is 9.28. The number of halogens is 2. The average Bonchev–Trinajstić information content (AvgIpc) is 2.09. The summed E-state index contributed by atoms with van der Waals surface area (Å²) in [6, 6.07) is 0. The van der Waals surface area contributed by atoms with Crippen LogP contribution in [0.1, 0.15) is 19.3 Å². The van der Waals surface area contributed by atoms with Gasteiger partial charge in [-0.05, 0) is 0 Å². The van der Waals surface area contributed by atoms with Crippen molar-refractivity contribution in [2.24, 2.45) is 0 Å². The van der Waals surface area contributed by atoms with E-state index in [1.807, 2.05) is 0 Å². The van der Waals surface area contributed by atoms with E-state index >= 15 is 0 Å². The van der Waals surface area contributed by atoms with Gasteiger partial charge in [0.15, 0.2) is 0 Å². The Morgan fingerprint density at radius 2 is 2.00 bits per heavy atom. The molecule has 0 heterocycles. The minimum absolute atomic E-state index is 0.251. The molecule has 0 aromatic rings. The molecule has 0 saturated carbocycles. The molecule has 0 fully saturated rings. The van der Waals surface area contributed by atoms with Gasteiger partial charge < -0.3 is 0 Å². The molecule has 0 rings (SSSR count). The van der Waals surface area contributed by atoms with Crippen LogP contribution in [0.3, 0.4) is 0 Å². The van der Waals surface area contributed by atoms with Gasteiger partial charge in [0.25, 0.3) is 0 Å². The summed E-state index contributed by atoms with van der Waals surface area (Å²) in [5.41, 5.74) is 4.38. The summed E-state index contributed by atoms with van der Waals surface area (Å²) in [6.45, 7) is 0. The van der Waals surface area contributed by atoms with Crippen molar-refractivity contribution >= 4 is 20.6 Å². The Bertz CT molecular complexity index is 227. The van der Waals surface area contributed by atoms with Crippen LogP contribution < -0.4 is 0 Å². The van der Waals surface area contributed by atoms with Gasteiger partial charge in [0, 0.05) is 0 Å². The first-order valence-corrected chi connectivity index (χ1v) is 9.86. The number of rotatable bonds is 7. The molecule has 0 spiro atoms. The fraction of sp³-hybridized carbons (Fsp3) is 0.700. The molecule has 0 aliphatic heterocycles. The first kappa shape index (κ1) is 14.6. The number of aliphatic carboxylic acids is 1. The second-order valence-corrected chi connectivity index (χ2v) is 9.16. The maximum absolute atomic E-state index is 13.0. The molecule has 0 radical (unpaired) electrons. The number of hydrogen-bond donors (Lipinski definition) is 1. The molecule has 0 aromatic carbocycles. The SMILES string of the molecule is C[As](C)CCCCC(F)(F)/C=C/C(=O)O. The van der Waals surface area contributed by atoms with E-state index in [9.17, 15) is 13.6 Å². The van der Waals surface area contributed by atoms with E-state index in [0.29, 0.717) is 18.6 Å². The topological polar surface area (TPSA) is 37.3 Å². The molecule has 2 nitrogen and oxygen atoms in total. The number of carboxylic acid groups (broad SMARTS) is 1. The van der Waals surface area contributed by atoms with Gasteiger partial charge in [-0.3, -0.25) is 0 Å². The van der Waals surface area contributed by atoms with E-state index in [1.165, 1.54) is 0 Å². The van der Waals surface area contributed by atoms with Gasteiger partial charge in [-0.25, -0.2) is 0 Å². The molecule has 0 saturated heterocycles. The fourth-order valence-electron chi connectivity index (χ4n) is 1.07. The van der Waals surface area contributed by atoms with Crippen molar-refractivity contribution in [2.45, 2.75) is 41.8 Å². The van der Waals surface area contributed by atoms with Gasteiger partial charge in [-0.15, -0.1) is 0 Å². The Morgan fingerprint density at radius 3 is 2.47 bits per heavy atom. The number of carbonyl (C=O) groups is 1. The molecule has 0 aromatic heterocycles. The van der Waals surface area contributed by atoms with Crippen molar-refractivity contribution in [3.05, 3.63) is 12.2 Å². The molecular formula is C10H17AsF2O2. The molecule has 0 unspecified atom stereocenters. The summed E-state index contributed by atoms with van der Waals surface area (Å²) in [6.07, 6.45) is 2.02. The van der Waals surface area contributed by atoms with Crippen LogP contribution in [-0.2, 0) is 4.79 Å². The summed E-state index contributed by atoms with van der Waals surface area (Å²) in [7, 11) is 0. The number of alkyl halides is 2. The Hall–Kier alpha value is -0.372. The quantitative estimate of drug-likeness (QED) is 0.442. The van der Waals surface area contributed by atoms with Crippen molar-refractivity contribution in [3.63, 3.8) is 0 Å². The van der Waals surface area contributed by atoms with Crippen LogP contribution in [0.4, 0.5) is 8.78 Å². The normalized spacial score (nSPS) is 12.6. The molecule has 5 heteroatoms. The van der Waals surface area contributed by atoms with E-state index < -0.39 is 26.5 Å². The van der Waals surface area contributed by atoms with Crippen LogP contribution in [0, 0.1) is 0 Å². The van der Waals surface area contributed by atoms with Crippen LogP contribution in [0.25, 0.3) is 0 Å². The summed E-state index contributed by atoms with van der Waals surface area (Å²) in [4.78, 5) is 10.1. The molecule has 0 bridgehead atoms. The minimum atomic E-state index is -2.97. The molecule has 1 N–H and O–H groups in total. The van der Waals surface area contributed by atoms with E-state index in [2.05, 4.69) is 11.4 Å². The third-order valence-corrected chi connectivity index (χ3v) is 4.38. The van der Waals surface area contributed by atoms with Crippen LogP contribution in [0.2, 0.25) is 16.6 Å². The average molecular weight is 282 g/mol. The third-order valence-electron chi connectivity index (χ3n) is 1.84. The Labute approximate surface area is 93.6 Å². The summed E-state index contributed by atoms with van der Waals surface area (Å²) < 4.78 is 25.9. The van der Waals surface area contributed by atoms with Crippen molar-refractivity contribution in [3.8, 4) is 0 Å². The molecule has 0 aliphatic rings. The van der Waals surface area contributed by atoms with Gasteiger partial charge in [-0.2, -0.15) is 0 Å². The van der Waals surface area contributed by atoms with Crippen molar-refractivity contribution < 1.29 is 18.7 Å². The Balaban J connectivity index is 3.78. The predicted molar refractivity (Wildman–Crippen MR) is 57.9 cm³/mol. The molecule has 88 valence electrons. The van der Waals surface area contributed by atoms with Gasteiger partial charge in [0.2, 0.25) is 0 Å². The second-order valence-electron chi connectivity index (χ2n) is 3.69. The van der Waals surface area contributed by atoms with Crippen molar-refractivity contribution in [1.29, 1.82) is 0 Å². The van der Waals surface area contributed by atoms with Gasteiger partial charge >= 0.3 is 93.3 Å². The van der Waals surface area contributed by atoms with Crippen LogP contribution in [0.15, 0.2) is 12.2 Å². The predicted octanol–water partition coefficient (Wildman–Crippen LogP) is 3.19. The third kappa shape index (κ3) is 9.92. The zero-order chi connectivity index (χ0) is 11.9. The molecule has 15 heavy (non-hydrogen) atoms. The van der Waals surface area contributed by atoms with Crippen LogP contribution in [-0.4, -0.2) is 31.7 Å². The van der Waals surface area contributed by atoms with E-state index in [0.717, 1.165) is 11.6 Å². The first-order chi connectivity index (χ1) is 6.83. The second kappa shape index (κ2) is 6.99. The van der Waals surface area contributed by atoms with E-state index in [4.69, 9.17) is 5.11 Å². The molecule has 0 aliphatic carbocycles. The zero-order valence-corrected chi connectivity index (χ0v) is 10.9. The molecule has 0 amide bonds. The van der Waals surface area contributed by atoms with Gasteiger partial charge in [-0.1, -0.05) is 0 Å². The van der Waals surface area contributed by atoms with Crippen LogP contribution >= 0.6 is 0 Å². The number of allylic oxidation sites excluding steroid dienone is 1. The number of unbranched alkanes of at least 4 members (excludes halogenated alkanes) is 1. The van der Waals surface area contributed by atoms with Crippen molar-refractivity contribution in [2.75, 3.05) is 0 Å². The Morgan fingerprint density at radius 1 is 1.40 bits per heavy atom. The first-order valence-electron chi connectivity index (χ1n) is 4.78. The van der Waals surface area contributed by atoms with E-state index in [-0.39, 0.29) is 6.42 Å². The van der Waals surface area contributed by atoms with Gasteiger partial charge in [0.05, 0.1) is 0 Å². The maximum atomic E-state index is 13.0. The Kier molecular flexibility index (Phi) is 6.82. The molecule has 0 atom stereocenters. The fourth-order valence-corrected chi connectivity index (χ4v) is 2.86. The zero-order valence-electron chi connectivity index (χ0n) is 9.04. The monoisotopic (exact) mass is 282 g/mol. The van der Waals surface area contributed by atoms with E-state index in [1.54, 1.807) is 0 Å². The number of hydrogen-bond acceptors (Lipinski definition) is 1. The summed E-state index contributed by atoms with van der Waals surface area (Å²) in [5.74, 6) is -4.30.